The minimum absolute atomic E-state index is 0.461. The summed E-state index contributed by atoms with van der Waals surface area (Å²) in [4.78, 5) is 8.53. The molecule has 0 saturated carbocycles. The Kier molecular flexibility index (Phi) is 9.00. The molecule has 0 aliphatic rings. The molecular weight excluding hydrogens is 452 g/mol. The van der Waals surface area contributed by atoms with E-state index in [9.17, 15) is 0 Å². The van der Waals surface area contributed by atoms with Gasteiger partial charge in [-0.1, -0.05) is 67.1 Å². The van der Waals surface area contributed by atoms with E-state index in [1.807, 2.05) is 24.3 Å². The fourth-order valence-electron chi connectivity index (χ4n) is 4.29. The number of methoxy groups -OCH3 is 3. The lowest BCUT2D eigenvalue weighted by atomic mass is 10.1. The Labute approximate surface area is 213 Å². The van der Waals surface area contributed by atoms with Crippen LogP contribution in [0.1, 0.15) is 30.7 Å². The number of aromatic nitrogens is 2. The highest BCUT2D eigenvalue weighted by molar-refractivity contribution is 5.78. The average molecular weight is 487 g/mol. The topological polar surface area (TPSA) is 65.6 Å². The smallest absolute Gasteiger partial charge is 0.203 e. The molecule has 1 N–H and O–H groups in total. The van der Waals surface area contributed by atoms with Crippen LogP contribution < -0.4 is 14.2 Å². The number of aryl methyl sites for hydroxylation is 1. The average Bonchev–Trinajstić information content (AvgIpc) is 3.37. The first-order valence-corrected chi connectivity index (χ1v) is 12.3. The summed E-state index contributed by atoms with van der Waals surface area (Å²) in [6.07, 6.45) is 3.98. The van der Waals surface area contributed by atoms with E-state index < -0.39 is 0 Å². The van der Waals surface area contributed by atoms with Crippen molar-refractivity contribution < 1.29 is 18.9 Å². The van der Waals surface area contributed by atoms with E-state index in [-0.39, 0.29) is 0 Å². The summed E-state index contributed by atoms with van der Waals surface area (Å²) in [7, 11) is 4.85. The summed E-state index contributed by atoms with van der Waals surface area (Å²) in [6, 6.07) is 24.6. The van der Waals surface area contributed by atoms with Crippen LogP contribution in [0.4, 0.5) is 0 Å². The monoisotopic (exact) mass is 486 g/mol. The molecule has 1 aromatic heterocycles. The molecular formula is C30H34N2O4. The van der Waals surface area contributed by atoms with Crippen LogP contribution in [0.2, 0.25) is 0 Å². The first-order chi connectivity index (χ1) is 17.7. The van der Waals surface area contributed by atoms with Gasteiger partial charge in [0.05, 0.1) is 39.3 Å². The van der Waals surface area contributed by atoms with Crippen molar-refractivity contribution in [3.8, 4) is 39.8 Å². The summed E-state index contributed by atoms with van der Waals surface area (Å²) >= 11 is 0. The molecule has 0 saturated heterocycles. The zero-order valence-corrected chi connectivity index (χ0v) is 21.3. The maximum absolute atomic E-state index is 5.93. The first kappa shape index (κ1) is 25.3. The van der Waals surface area contributed by atoms with Crippen LogP contribution in [0.5, 0.6) is 17.2 Å². The fraction of sp³-hybridized carbons (Fsp3) is 0.300. The zero-order valence-electron chi connectivity index (χ0n) is 21.3. The predicted octanol–water partition coefficient (Wildman–Crippen LogP) is 6.70. The van der Waals surface area contributed by atoms with Crippen LogP contribution in [0, 0.1) is 0 Å². The number of aromatic amines is 1. The maximum atomic E-state index is 5.93. The van der Waals surface area contributed by atoms with Gasteiger partial charge in [-0.15, -0.1) is 0 Å². The molecule has 0 spiro atoms. The third-order valence-corrected chi connectivity index (χ3v) is 6.11. The highest BCUT2D eigenvalue weighted by Crippen LogP contribution is 2.40. The van der Waals surface area contributed by atoms with Crippen molar-refractivity contribution in [2.24, 2.45) is 0 Å². The SMILES string of the molecule is COc1ccc(COCCCCCc2nc(-c3ccccc3)c(-c3ccccc3)[nH]2)c(OC)c1OC. The quantitative estimate of drug-likeness (QED) is 0.213. The molecule has 36 heavy (non-hydrogen) atoms. The number of ether oxygens (including phenoxy) is 4. The van der Waals surface area contributed by atoms with Crippen LogP contribution in [0.3, 0.4) is 0 Å². The van der Waals surface area contributed by atoms with E-state index in [1.165, 1.54) is 0 Å². The Hall–Kier alpha value is -3.77. The van der Waals surface area contributed by atoms with Crippen LogP contribution in [0.15, 0.2) is 72.8 Å². The first-order valence-electron chi connectivity index (χ1n) is 12.3. The van der Waals surface area contributed by atoms with E-state index in [4.69, 9.17) is 23.9 Å². The number of unbranched alkanes of at least 4 members (excludes halogenated alkanes) is 2. The molecule has 0 atom stereocenters. The zero-order chi connectivity index (χ0) is 25.2. The number of hydrogen-bond donors (Lipinski definition) is 1. The van der Waals surface area contributed by atoms with Gasteiger partial charge in [0.1, 0.15) is 5.82 Å². The van der Waals surface area contributed by atoms with E-state index in [1.54, 1.807) is 21.3 Å². The van der Waals surface area contributed by atoms with Crippen molar-refractivity contribution in [2.75, 3.05) is 27.9 Å². The third kappa shape index (κ3) is 6.07. The number of benzene rings is 3. The summed E-state index contributed by atoms with van der Waals surface area (Å²) in [5, 5.41) is 0. The van der Waals surface area contributed by atoms with Gasteiger partial charge in [0.2, 0.25) is 5.75 Å². The molecule has 0 bridgehead atoms. The predicted molar refractivity (Wildman–Crippen MR) is 143 cm³/mol. The third-order valence-electron chi connectivity index (χ3n) is 6.11. The second kappa shape index (κ2) is 12.8. The van der Waals surface area contributed by atoms with E-state index >= 15 is 0 Å². The lowest BCUT2D eigenvalue weighted by Crippen LogP contribution is -2.02. The molecule has 4 rings (SSSR count). The second-order valence-electron chi connectivity index (χ2n) is 8.50. The molecule has 3 aromatic carbocycles. The van der Waals surface area contributed by atoms with E-state index in [0.717, 1.165) is 59.6 Å². The molecule has 0 unspecified atom stereocenters. The van der Waals surface area contributed by atoms with Gasteiger partial charge in [-0.25, -0.2) is 4.98 Å². The Balaban J connectivity index is 1.29. The molecule has 188 valence electrons. The molecule has 0 fully saturated rings. The van der Waals surface area contributed by atoms with Gasteiger partial charge in [-0.2, -0.15) is 0 Å². The van der Waals surface area contributed by atoms with Crippen molar-refractivity contribution >= 4 is 0 Å². The number of imidazole rings is 1. The molecule has 6 heteroatoms. The highest BCUT2D eigenvalue weighted by Gasteiger charge is 2.16. The van der Waals surface area contributed by atoms with Gasteiger partial charge >= 0.3 is 0 Å². The minimum atomic E-state index is 0.461. The van der Waals surface area contributed by atoms with Crippen molar-refractivity contribution in [1.82, 2.24) is 9.97 Å². The van der Waals surface area contributed by atoms with Crippen LogP contribution in [0.25, 0.3) is 22.5 Å². The lowest BCUT2D eigenvalue weighted by molar-refractivity contribution is 0.114. The van der Waals surface area contributed by atoms with Crippen LogP contribution >= 0.6 is 0 Å². The molecule has 0 amide bonds. The van der Waals surface area contributed by atoms with Crippen molar-refractivity contribution in [2.45, 2.75) is 32.3 Å². The maximum Gasteiger partial charge on any atom is 0.203 e. The van der Waals surface area contributed by atoms with Crippen LogP contribution in [-0.2, 0) is 17.8 Å². The molecule has 4 aromatic rings. The number of rotatable bonds is 13. The van der Waals surface area contributed by atoms with Crippen molar-refractivity contribution in [3.63, 3.8) is 0 Å². The summed E-state index contributed by atoms with van der Waals surface area (Å²) in [5.41, 5.74) is 5.28. The Bertz CT molecular complexity index is 1170. The van der Waals surface area contributed by atoms with Gasteiger partial charge in [0.15, 0.2) is 11.5 Å². The van der Waals surface area contributed by atoms with Gasteiger partial charge in [0.25, 0.3) is 0 Å². The number of nitrogens with one attached hydrogen (secondary N) is 1. The van der Waals surface area contributed by atoms with Gasteiger partial charge in [-0.3, -0.25) is 0 Å². The lowest BCUT2D eigenvalue weighted by Gasteiger charge is -2.15. The van der Waals surface area contributed by atoms with Gasteiger partial charge in [0, 0.05) is 29.7 Å². The highest BCUT2D eigenvalue weighted by atomic mass is 16.5. The summed E-state index contributed by atoms with van der Waals surface area (Å²) in [6.45, 7) is 1.14. The second-order valence-corrected chi connectivity index (χ2v) is 8.50. The Morgan fingerprint density at radius 2 is 1.39 bits per heavy atom. The standard InChI is InChI=1S/C30H34N2O4/c1-33-25-19-18-24(29(34-2)30(25)35-3)21-36-20-12-6-11-17-26-31-27(22-13-7-4-8-14-22)28(32-26)23-15-9-5-10-16-23/h4-5,7-10,13-16,18-19H,6,11-12,17,20-21H2,1-3H3,(H,31,32). The number of hydrogen-bond acceptors (Lipinski definition) is 5. The number of H-pyrrole nitrogens is 1. The summed E-state index contributed by atoms with van der Waals surface area (Å²) in [5.74, 6) is 2.90. The number of nitrogens with zero attached hydrogens (tertiary/aromatic N) is 1. The molecule has 0 aliphatic carbocycles. The fourth-order valence-corrected chi connectivity index (χ4v) is 4.29. The normalized spacial score (nSPS) is 10.9. The minimum Gasteiger partial charge on any atom is -0.493 e. The molecule has 0 aliphatic heterocycles. The largest absolute Gasteiger partial charge is 0.493 e. The summed E-state index contributed by atoms with van der Waals surface area (Å²) < 4.78 is 22.3. The van der Waals surface area contributed by atoms with Gasteiger partial charge in [-0.05, 0) is 25.0 Å². The molecule has 0 radical (unpaired) electrons. The van der Waals surface area contributed by atoms with Crippen molar-refractivity contribution in [3.05, 3.63) is 84.2 Å². The van der Waals surface area contributed by atoms with Crippen molar-refractivity contribution in [1.29, 1.82) is 0 Å². The van der Waals surface area contributed by atoms with E-state index in [0.29, 0.717) is 30.5 Å². The Morgan fingerprint density at radius 3 is 2.06 bits per heavy atom. The van der Waals surface area contributed by atoms with Gasteiger partial charge < -0.3 is 23.9 Å². The van der Waals surface area contributed by atoms with E-state index in [2.05, 4.69) is 53.5 Å². The van der Waals surface area contributed by atoms with Crippen LogP contribution in [-0.4, -0.2) is 37.9 Å². The Morgan fingerprint density at radius 1 is 0.694 bits per heavy atom. The molecule has 1 heterocycles. The molecule has 6 nitrogen and oxygen atoms in total.